The Hall–Kier alpha value is -2.88. The highest BCUT2D eigenvalue weighted by atomic mass is 15.4. The van der Waals surface area contributed by atoms with Crippen LogP contribution in [0.1, 0.15) is 76.0 Å². The maximum absolute atomic E-state index is 5.16. The van der Waals surface area contributed by atoms with Gasteiger partial charge in [-0.2, -0.15) is 0 Å². The van der Waals surface area contributed by atoms with Gasteiger partial charge in [0.15, 0.2) is 11.6 Å². The second kappa shape index (κ2) is 9.05. The smallest absolute Gasteiger partial charge is 0.161 e. The first kappa shape index (κ1) is 22.9. The molecule has 5 rings (SSSR count). The Balaban J connectivity index is 1.60. The average Bonchev–Trinajstić information content (AvgIpc) is 3.06. The molecule has 2 aliphatic rings. The summed E-state index contributed by atoms with van der Waals surface area (Å²) in [5, 5.41) is 0. The molecule has 2 aliphatic heterocycles. The number of benzene rings is 2. The van der Waals surface area contributed by atoms with Crippen LogP contribution >= 0.6 is 0 Å². The lowest BCUT2D eigenvalue weighted by Gasteiger charge is -2.33. The fraction of sp³-hybridized carbons (Fsp3) is 0.467. The van der Waals surface area contributed by atoms with Crippen molar-refractivity contribution in [2.75, 3.05) is 16.8 Å². The van der Waals surface area contributed by atoms with E-state index in [4.69, 9.17) is 9.97 Å². The third kappa shape index (κ3) is 3.59. The highest BCUT2D eigenvalue weighted by Gasteiger charge is 2.44. The molecule has 3 aromatic rings. The van der Waals surface area contributed by atoms with Gasteiger partial charge in [0.05, 0.1) is 6.20 Å². The molecule has 178 valence electrons. The predicted molar refractivity (Wildman–Crippen MR) is 143 cm³/mol. The van der Waals surface area contributed by atoms with E-state index in [0.29, 0.717) is 0 Å². The molecule has 0 N–H and O–H groups in total. The Bertz CT molecular complexity index is 1180. The Morgan fingerprint density at radius 2 is 1.82 bits per heavy atom. The van der Waals surface area contributed by atoms with Crippen molar-refractivity contribution in [2.24, 2.45) is 0 Å². The molecule has 0 aliphatic carbocycles. The zero-order chi connectivity index (χ0) is 23.9. The number of hydrogen-bond acceptors (Lipinski definition) is 4. The molecular formula is C30H38N4. The van der Waals surface area contributed by atoms with Crippen molar-refractivity contribution in [3.8, 4) is 11.4 Å². The summed E-state index contributed by atoms with van der Waals surface area (Å²) in [6.45, 7) is 9.11. The van der Waals surface area contributed by atoms with Crippen LogP contribution in [0.25, 0.3) is 11.4 Å². The first-order chi connectivity index (χ1) is 16.5. The quantitative estimate of drug-likeness (QED) is 0.385. The lowest BCUT2D eigenvalue weighted by atomic mass is 9.72. The number of para-hydroxylation sites is 1. The number of nitrogens with zero attached hydrogens (tertiary/aromatic N) is 4. The van der Waals surface area contributed by atoms with E-state index >= 15 is 0 Å². The topological polar surface area (TPSA) is 32.3 Å². The number of anilines is 3. The molecule has 1 aromatic heterocycles. The van der Waals surface area contributed by atoms with Crippen LogP contribution in [0, 0.1) is 6.92 Å². The predicted octanol–water partition coefficient (Wildman–Crippen LogP) is 7.56. The summed E-state index contributed by atoms with van der Waals surface area (Å²) in [4.78, 5) is 15.0. The highest BCUT2D eigenvalue weighted by molar-refractivity contribution is 5.83. The maximum atomic E-state index is 5.16. The van der Waals surface area contributed by atoms with Gasteiger partial charge in [-0.1, -0.05) is 57.5 Å². The van der Waals surface area contributed by atoms with E-state index in [1.165, 1.54) is 54.5 Å². The van der Waals surface area contributed by atoms with Gasteiger partial charge in [0, 0.05) is 18.3 Å². The number of hydrogen-bond donors (Lipinski definition) is 0. The van der Waals surface area contributed by atoms with E-state index < -0.39 is 0 Å². The molecule has 0 radical (unpaired) electrons. The van der Waals surface area contributed by atoms with Gasteiger partial charge in [-0.25, -0.2) is 9.97 Å². The minimum Gasteiger partial charge on any atom is -0.337 e. The van der Waals surface area contributed by atoms with Crippen LogP contribution in [0.4, 0.5) is 17.2 Å². The Kier molecular flexibility index (Phi) is 6.09. The Morgan fingerprint density at radius 1 is 1.03 bits per heavy atom. The summed E-state index contributed by atoms with van der Waals surface area (Å²) < 4.78 is 0. The number of rotatable bonds is 6. The zero-order valence-corrected chi connectivity index (χ0v) is 21.4. The van der Waals surface area contributed by atoms with Crippen molar-refractivity contribution in [1.29, 1.82) is 0 Å². The van der Waals surface area contributed by atoms with Crippen molar-refractivity contribution < 1.29 is 0 Å². The van der Waals surface area contributed by atoms with Crippen molar-refractivity contribution in [1.82, 2.24) is 9.97 Å². The third-order valence-electron chi connectivity index (χ3n) is 8.42. The molecule has 1 unspecified atom stereocenters. The summed E-state index contributed by atoms with van der Waals surface area (Å²) in [5.41, 5.74) is 7.93. The lowest BCUT2D eigenvalue weighted by molar-refractivity contribution is 0.353. The van der Waals surface area contributed by atoms with Gasteiger partial charge in [0.25, 0.3) is 0 Å². The monoisotopic (exact) mass is 454 g/mol. The molecule has 0 saturated heterocycles. The van der Waals surface area contributed by atoms with Crippen molar-refractivity contribution in [3.63, 3.8) is 0 Å². The molecule has 0 bridgehead atoms. The van der Waals surface area contributed by atoms with Crippen LogP contribution in [0.15, 0.2) is 48.7 Å². The first-order valence-corrected chi connectivity index (χ1v) is 13.1. The van der Waals surface area contributed by atoms with E-state index in [9.17, 15) is 0 Å². The molecule has 0 saturated carbocycles. The fourth-order valence-electron chi connectivity index (χ4n) is 6.12. The molecule has 4 nitrogen and oxygen atoms in total. The van der Waals surface area contributed by atoms with E-state index in [2.05, 4.69) is 93.2 Å². The second-order valence-corrected chi connectivity index (χ2v) is 10.2. The summed E-state index contributed by atoms with van der Waals surface area (Å²) >= 11 is 0. The van der Waals surface area contributed by atoms with E-state index in [1.807, 2.05) is 0 Å². The molecule has 34 heavy (non-hydrogen) atoms. The SMILES string of the molecule is CCCCc1ccc(C)c(-c2ncc3c(n2)N(C)C2CCC(CC)(CC)c4ccccc4N32)c1. The van der Waals surface area contributed by atoms with E-state index in [0.717, 1.165) is 35.7 Å². The molecule has 0 spiro atoms. The molecule has 3 heterocycles. The Labute approximate surface area is 205 Å². The fourth-order valence-corrected chi connectivity index (χ4v) is 6.12. The average molecular weight is 455 g/mol. The van der Waals surface area contributed by atoms with Gasteiger partial charge in [0.1, 0.15) is 11.9 Å². The molecule has 0 fully saturated rings. The van der Waals surface area contributed by atoms with Crippen LogP contribution in [0.3, 0.4) is 0 Å². The van der Waals surface area contributed by atoms with Crippen molar-refractivity contribution >= 4 is 17.2 Å². The molecule has 4 heteroatoms. The lowest BCUT2D eigenvalue weighted by Crippen LogP contribution is -2.38. The van der Waals surface area contributed by atoms with Gasteiger partial charge >= 0.3 is 0 Å². The normalized spacial score (nSPS) is 18.3. The molecule has 0 amide bonds. The van der Waals surface area contributed by atoms with Crippen LogP contribution in [-0.4, -0.2) is 23.2 Å². The van der Waals surface area contributed by atoms with Crippen LogP contribution in [-0.2, 0) is 11.8 Å². The second-order valence-electron chi connectivity index (χ2n) is 10.2. The van der Waals surface area contributed by atoms with Gasteiger partial charge in [-0.15, -0.1) is 0 Å². The van der Waals surface area contributed by atoms with E-state index in [-0.39, 0.29) is 11.6 Å². The highest BCUT2D eigenvalue weighted by Crippen LogP contribution is 2.52. The molecule has 1 atom stereocenters. The van der Waals surface area contributed by atoms with Gasteiger partial charge in [0.2, 0.25) is 0 Å². The first-order valence-electron chi connectivity index (χ1n) is 13.1. The largest absolute Gasteiger partial charge is 0.337 e. The number of unbranched alkanes of at least 4 members (excludes halogenated alkanes) is 1. The van der Waals surface area contributed by atoms with Gasteiger partial charge in [-0.05, 0) is 79.7 Å². The maximum Gasteiger partial charge on any atom is 0.161 e. The number of fused-ring (bicyclic) bond motifs is 5. The Morgan fingerprint density at radius 3 is 2.59 bits per heavy atom. The third-order valence-corrected chi connectivity index (χ3v) is 8.42. The van der Waals surface area contributed by atoms with Crippen LogP contribution in [0.5, 0.6) is 0 Å². The number of aryl methyl sites for hydroxylation is 2. The van der Waals surface area contributed by atoms with Gasteiger partial charge < -0.3 is 9.80 Å². The van der Waals surface area contributed by atoms with Crippen LogP contribution < -0.4 is 9.80 Å². The van der Waals surface area contributed by atoms with Crippen molar-refractivity contribution in [3.05, 3.63) is 65.4 Å². The molecular weight excluding hydrogens is 416 g/mol. The van der Waals surface area contributed by atoms with Crippen LogP contribution in [0.2, 0.25) is 0 Å². The number of aromatic nitrogens is 2. The van der Waals surface area contributed by atoms with E-state index in [1.54, 1.807) is 0 Å². The van der Waals surface area contributed by atoms with Gasteiger partial charge in [-0.3, -0.25) is 0 Å². The van der Waals surface area contributed by atoms with Crippen molar-refractivity contribution in [2.45, 2.75) is 84.2 Å². The minimum absolute atomic E-state index is 0.235. The zero-order valence-electron chi connectivity index (χ0n) is 21.4. The minimum atomic E-state index is 0.235. The standard InChI is InChI=1S/C30H38N4/c1-6-9-12-22-16-15-21(4)23(19-22)28-31-20-26-29(32-28)33(5)27-17-18-30(7-2,8-3)24-13-10-11-14-25(24)34(26)27/h10-11,13-16,19-20,27H,6-9,12,17-18H2,1-5H3. The summed E-state index contributed by atoms with van der Waals surface area (Å²) in [6.07, 6.45) is 10.5. The summed E-state index contributed by atoms with van der Waals surface area (Å²) in [5.74, 6) is 1.88. The summed E-state index contributed by atoms with van der Waals surface area (Å²) in [7, 11) is 2.21. The molecule has 2 aromatic carbocycles. The summed E-state index contributed by atoms with van der Waals surface area (Å²) in [6, 6.07) is 15.8.